The summed E-state index contributed by atoms with van der Waals surface area (Å²) in [5.74, 6) is 0.161. The Hall–Kier alpha value is -2.54. The fourth-order valence-corrected chi connectivity index (χ4v) is 2.62. The van der Waals surface area contributed by atoms with Crippen LogP contribution in [0.15, 0.2) is 30.7 Å². The zero-order chi connectivity index (χ0) is 15.5. The Morgan fingerprint density at radius 1 is 1.45 bits per heavy atom. The van der Waals surface area contributed by atoms with Crippen LogP contribution in [-0.2, 0) is 0 Å². The number of amides is 1. The number of nitrogens with two attached hydrogens (primary N) is 1. The summed E-state index contributed by atoms with van der Waals surface area (Å²) in [5, 5.41) is 3.27. The molecule has 22 heavy (non-hydrogen) atoms. The van der Waals surface area contributed by atoms with Crippen LogP contribution >= 0.6 is 0 Å². The van der Waals surface area contributed by atoms with Crippen LogP contribution < -0.4 is 16.0 Å². The summed E-state index contributed by atoms with van der Waals surface area (Å²) in [5.41, 5.74) is 6.79. The predicted molar refractivity (Wildman–Crippen MR) is 83.5 cm³/mol. The monoisotopic (exact) mass is 298 g/mol. The second-order valence-electron chi connectivity index (χ2n) is 5.25. The van der Waals surface area contributed by atoms with Crippen molar-refractivity contribution in [1.82, 2.24) is 20.3 Å². The van der Waals surface area contributed by atoms with Crippen LogP contribution in [-0.4, -0.2) is 47.0 Å². The minimum Gasteiger partial charge on any atom is -0.364 e. The van der Waals surface area contributed by atoms with E-state index in [4.69, 9.17) is 5.73 Å². The molecule has 1 unspecified atom stereocenters. The van der Waals surface area contributed by atoms with E-state index in [0.717, 1.165) is 30.9 Å². The first-order chi connectivity index (χ1) is 10.7. The zero-order valence-corrected chi connectivity index (χ0v) is 12.4. The summed E-state index contributed by atoms with van der Waals surface area (Å²) < 4.78 is 0. The van der Waals surface area contributed by atoms with Gasteiger partial charge in [-0.2, -0.15) is 0 Å². The molecule has 0 aromatic carbocycles. The highest BCUT2D eigenvalue weighted by Gasteiger charge is 2.24. The third-order valence-corrected chi connectivity index (χ3v) is 3.85. The number of hydrogen-bond acceptors (Lipinski definition) is 6. The number of nitrogens with one attached hydrogen (secondary N) is 1. The molecule has 0 bridgehead atoms. The average molecular weight is 298 g/mol. The summed E-state index contributed by atoms with van der Waals surface area (Å²) in [6.45, 7) is 1.77. The lowest BCUT2D eigenvalue weighted by Crippen LogP contribution is -2.30. The van der Waals surface area contributed by atoms with Gasteiger partial charge in [0.2, 0.25) is 0 Å². The van der Waals surface area contributed by atoms with Gasteiger partial charge in [-0.05, 0) is 25.6 Å². The third kappa shape index (κ3) is 2.75. The van der Waals surface area contributed by atoms with E-state index < -0.39 is 5.91 Å². The summed E-state index contributed by atoms with van der Waals surface area (Å²) in [6.07, 6.45) is 5.99. The number of pyridine rings is 1. The molecular weight excluding hydrogens is 280 g/mol. The van der Waals surface area contributed by atoms with Gasteiger partial charge in [-0.1, -0.05) is 0 Å². The van der Waals surface area contributed by atoms with Gasteiger partial charge in [-0.15, -0.1) is 0 Å². The van der Waals surface area contributed by atoms with Crippen LogP contribution in [0, 0.1) is 0 Å². The largest absolute Gasteiger partial charge is 0.364 e. The molecule has 0 radical (unpaired) electrons. The van der Waals surface area contributed by atoms with Crippen molar-refractivity contribution >= 4 is 11.7 Å². The van der Waals surface area contributed by atoms with Crippen molar-refractivity contribution in [3.05, 3.63) is 36.4 Å². The maximum Gasteiger partial charge on any atom is 0.269 e. The summed E-state index contributed by atoms with van der Waals surface area (Å²) in [7, 11) is 1.96. The van der Waals surface area contributed by atoms with Crippen molar-refractivity contribution in [2.24, 2.45) is 5.73 Å². The molecular formula is C15H18N6O. The highest BCUT2D eigenvalue weighted by Crippen LogP contribution is 2.24. The van der Waals surface area contributed by atoms with Crippen LogP contribution in [0.1, 0.15) is 16.9 Å². The van der Waals surface area contributed by atoms with Gasteiger partial charge in [-0.3, -0.25) is 9.78 Å². The minimum atomic E-state index is -0.590. The lowest BCUT2D eigenvalue weighted by Gasteiger charge is -2.18. The minimum absolute atomic E-state index is 0.168. The number of primary amides is 1. The van der Waals surface area contributed by atoms with Crippen LogP contribution in [0.2, 0.25) is 0 Å². The predicted octanol–water partition coefficient (Wildman–Crippen LogP) is 0.436. The summed E-state index contributed by atoms with van der Waals surface area (Å²) >= 11 is 0. The van der Waals surface area contributed by atoms with E-state index in [1.165, 1.54) is 0 Å². The van der Waals surface area contributed by atoms with Crippen molar-refractivity contribution in [3.63, 3.8) is 0 Å². The molecule has 1 atom stereocenters. The molecule has 1 saturated heterocycles. The van der Waals surface area contributed by atoms with Crippen molar-refractivity contribution in [1.29, 1.82) is 0 Å². The molecule has 3 heterocycles. The Morgan fingerprint density at radius 2 is 2.32 bits per heavy atom. The SMILES string of the molecule is CNC1CCN(c2cnc(C(N)=O)c(-c3cccnc3)n2)C1. The molecule has 0 aliphatic carbocycles. The molecule has 2 aromatic rings. The molecule has 7 heteroatoms. The lowest BCUT2D eigenvalue weighted by molar-refractivity contribution is 0.0996. The van der Waals surface area contributed by atoms with Gasteiger partial charge in [0.05, 0.1) is 6.20 Å². The molecule has 7 nitrogen and oxygen atoms in total. The van der Waals surface area contributed by atoms with Crippen LogP contribution in [0.25, 0.3) is 11.3 Å². The number of hydrogen-bond donors (Lipinski definition) is 2. The first-order valence-corrected chi connectivity index (χ1v) is 7.18. The Kier molecular flexibility index (Phi) is 3.97. The quantitative estimate of drug-likeness (QED) is 0.850. The molecule has 114 valence electrons. The number of anilines is 1. The third-order valence-electron chi connectivity index (χ3n) is 3.85. The Labute approximate surface area is 128 Å². The molecule has 1 fully saturated rings. The second-order valence-corrected chi connectivity index (χ2v) is 5.25. The van der Waals surface area contributed by atoms with Gasteiger partial charge in [0, 0.05) is 37.1 Å². The molecule has 0 spiro atoms. The van der Waals surface area contributed by atoms with E-state index in [1.807, 2.05) is 13.1 Å². The van der Waals surface area contributed by atoms with Crippen LogP contribution in [0.5, 0.6) is 0 Å². The summed E-state index contributed by atoms with van der Waals surface area (Å²) in [4.78, 5) is 26.7. The second kappa shape index (κ2) is 6.07. The van der Waals surface area contributed by atoms with Crippen LogP contribution in [0.3, 0.4) is 0 Å². The Bertz CT molecular complexity index is 675. The first-order valence-electron chi connectivity index (χ1n) is 7.18. The molecule has 1 aliphatic rings. The van der Waals surface area contributed by atoms with E-state index in [9.17, 15) is 4.79 Å². The fourth-order valence-electron chi connectivity index (χ4n) is 2.62. The molecule has 1 aliphatic heterocycles. The normalized spacial score (nSPS) is 17.7. The standard InChI is InChI=1S/C15H18N6O/c1-17-11-4-6-21(9-11)12-8-19-14(15(16)22)13(20-12)10-3-2-5-18-7-10/h2-3,5,7-8,11,17H,4,6,9H2,1H3,(H2,16,22). The van der Waals surface area contributed by atoms with Crippen molar-refractivity contribution in [2.45, 2.75) is 12.5 Å². The van der Waals surface area contributed by atoms with Gasteiger partial charge in [-0.25, -0.2) is 9.97 Å². The first kappa shape index (κ1) is 14.4. The van der Waals surface area contributed by atoms with Gasteiger partial charge >= 0.3 is 0 Å². The maximum absolute atomic E-state index is 11.6. The van der Waals surface area contributed by atoms with Gasteiger partial charge < -0.3 is 16.0 Å². The number of carbonyl (C=O) groups is 1. The van der Waals surface area contributed by atoms with Crippen molar-refractivity contribution < 1.29 is 4.79 Å². The molecule has 3 rings (SSSR count). The Balaban J connectivity index is 2.00. The maximum atomic E-state index is 11.6. The number of nitrogens with zero attached hydrogens (tertiary/aromatic N) is 4. The molecule has 0 saturated carbocycles. The van der Waals surface area contributed by atoms with Gasteiger partial charge in [0.1, 0.15) is 11.5 Å². The topological polar surface area (TPSA) is 97.0 Å². The molecule has 3 N–H and O–H groups in total. The van der Waals surface area contributed by atoms with Gasteiger partial charge in [0.15, 0.2) is 5.69 Å². The van der Waals surface area contributed by atoms with Crippen molar-refractivity contribution in [2.75, 3.05) is 25.0 Å². The van der Waals surface area contributed by atoms with Crippen molar-refractivity contribution in [3.8, 4) is 11.3 Å². The van der Waals surface area contributed by atoms with Gasteiger partial charge in [0.25, 0.3) is 5.91 Å². The average Bonchev–Trinajstić information content (AvgIpc) is 3.04. The molecule has 1 amide bonds. The van der Waals surface area contributed by atoms with E-state index in [1.54, 1.807) is 24.7 Å². The van der Waals surface area contributed by atoms with E-state index in [2.05, 4.69) is 25.2 Å². The van der Waals surface area contributed by atoms with Crippen LogP contribution in [0.4, 0.5) is 5.82 Å². The fraction of sp³-hybridized carbons (Fsp3) is 0.333. The number of carbonyl (C=O) groups excluding carboxylic acids is 1. The smallest absolute Gasteiger partial charge is 0.269 e. The molecule has 2 aromatic heterocycles. The van der Waals surface area contributed by atoms with E-state index >= 15 is 0 Å². The number of aromatic nitrogens is 3. The highest BCUT2D eigenvalue weighted by molar-refractivity contribution is 5.96. The highest BCUT2D eigenvalue weighted by atomic mass is 16.1. The Morgan fingerprint density at radius 3 is 2.95 bits per heavy atom. The summed E-state index contributed by atoms with van der Waals surface area (Å²) in [6, 6.07) is 4.08. The zero-order valence-electron chi connectivity index (χ0n) is 12.4. The van der Waals surface area contributed by atoms with E-state index in [-0.39, 0.29) is 5.69 Å². The number of likely N-dealkylation sites (N-methyl/N-ethyl adjacent to an activating group) is 1. The van der Waals surface area contributed by atoms with E-state index in [0.29, 0.717) is 11.7 Å². The lowest BCUT2D eigenvalue weighted by atomic mass is 10.1. The number of rotatable bonds is 4.